The number of rotatable bonds is 6. The fourth-order valence-electron chi connectivity index (χ4n) is 2.52. The summed E-state index contributed by atoms with van der Waals surface area (Å²) in [6.45, 7) is 5.08. The van der Waals surface area contributed by atoms with Gasteiger partial charge in [-0.05, 0) is 17.9 Å². The van der Waals surface area contributed by atoms with E-state index in [4.69, 9.17) is 4.74 Å². The largest absolute Gasteiger partial charge is 0.381 e. The molecular formula is C17H23NO3. The van der Waals surface area contributed by atoms with E-state index >= 15 is 0 Å². The number of nitrogens with one attached hydrogen (secondary N) is 1. The summed E-state index contributed by atoms with van der Waals surface area (Å²) in [6.07, 6.45) is 1.34. The van der Waals surface area contributed by atoms with E-state index in [2.05, 4.69) is 5.32 Å². The normalized spacial score (nSPS) is 19.5. The van der Waals surface area contributed by atoms with E-state index in [1.165, 1.54) is 0 Å². The second-order valence-electron chi connectivity index (χ2n) is 5.90. The third kappa shape index (κ3) is 4.39. The third-order valence-corrected chi connectivity index (χ3v) is 3.79. The molecule has 1 amide bonds. The minimum atomic E-state index is -0.555. The molecule has 0 saturated carbocycles. The van der Waals surface area contributed by atoms with Crippen molar-refractivity contribution in [2.45, 2.75) is 32.7 Å². The summed E-state index contributed by atoms with van der Waals surface area (Å²) >= 11 is 0. The van der Waals surface area contributed by atoms with Crippen LogP contribution in [0.2, 0.25) is 0 Å². The molecule has 2 atom stereocenters. The highest BCUT2D eigenvalue weighted by atomic mass is 16.5. The van der Waals surface area contributed by atoms with Crippen molar-refractivity contribution in [2.24, 2.45) is 11.8 Å². The van der Waals surface area contributed by atoms with Gasteiger partial charge in [0, 0.05) is 25.6 Å². The fourth-order valence-corrected chi connectivity index (χ4v) is 2.52. The summed E-state index contributed by atoms with van der Waals surface area (Å²) in [4.78, 5) is 24.6. The fraction of sp³-hybridized carbons (Fsp3) is 0.529. The van der Waals surface area contributed by atoms with Crippen LogP contribution in [0.25, 0.3) is 0 Å². The van der Waals surface area contributed by atoms with Crippen molar-refractivity contribution in [3.8, 4) is 0 Å². The Morgan fingerprint density at radius 3 is 2.57 bits per heavy atom. The van der Waals surface area contributed by atoms with Gasteiger partial charge in [-0.25, -0.2) is 0 Å². The standard InChI is InChI=1S/C17H23NO3/c1-12(2)17(20)16(14-6-4-3-5-7-14)18-15(19)10-13-8-9-21-11-13/h3-7,12-13,16H,8-11H2,1-2H3,(H,18,19)/t13?,16-/m1/s1. The molecule has 1 aliphatic rings. The van der Waals surface area contributed by atoms with E-state index in [9.17, 15) is 9.59 Å². The molecule has 1 unspecified atom stereocenters. The summed E-state index contributed by atoms with van der Waals surface area (Å²) in [5.41, 5.74) is 0.840. The van der Waals surface area contributed by atoms with Gasteiger partial charge in [-0.2, -0.15) is 0 Å². The molecule has 0 aliphatic carbocycles. The molecule has 1 aliphatic heterocycles. The Balaban J connectivity index is 2.05. The Labute approximate surface area is 125 Å². The number of hydrogen-bond acceptors (Lipinski definition) is 3. The first-order valence-corrected chi connectivity index (χ1v) is 7.53. The SMILES string of the molecule is CC(C)C(=O)[C@H](NC(=O)CC1CCOC1)c1ccccc1. The molecular weight excluding hydrogens is 266 g/mol. The van der Waals surface area contributed by atoms with Crippen LogP contribution in [0.5, 0.6) is 0 Å². The second-order valence-corrected chi connectivity index (χ2v) is 5.90. The average molecular weight is 289 g/mol. The van der Waals surface area contributed by atoms with Gasteiger partial charge >= 0.3 is 0 Å². The molecule has 0 aromatic heterocycles. The Morgan fingerprint density at radius 1 is 1.29 bits per heavy atom. The van der Waals surface area contributed by atoms with Crippen LogP contribution in [0.1, 0.15) is 38.3 Å². The Kier molecular flexibility index (Phi) is 5.51. The van der Waals surface area contributed by atoms with Crippen molar-refractivity contribution in [2.75, 3.05) is 13.2 Å². The van der Waals surface area contributed by atoms with Crippen LogP contribution in [0.3, 0.4) is 0 Å². The molecule has 4 heteroatoms. The maximum atomic E-state index is 12.4. The van der Waals surface area contributed by atoms with E-state index in [-0.39, 0.29) is 23.5 Å². The van der Waals surface area contributed by atoms with E-state index in [0.717, 1.165) is 18.6 Å². The molecule has 1 heterocycles. The molecule has 2 rings (SSSR count). The number of amides is 1. The van der Waals surface area contributed by atoms with E-state index in [1.807, 2.05) is 44.2 Å². The monoisotopic (exact) mass is 289 g/mol. The van der Waals surface area contributed by atoms with E-state index in [0.29, 0.717) is 13.0 Å². The first-order chi connectivity index (χ1) is 10.1. The van der Waals surface area contributed by atoms with Crippen molar-refractivity contribution in [1.29, 1.82) is 0 Å². The molecule has 1 fully saturated rings. The molecule has 1 aromatic carbocycles. The molecule has 0 radical (unpaired) electrons. The summed E-state index contributed by atoms with van der Waals surface area (Å²) < 4.78 is 5.29. The van der Waals surface area contributed by atoms with E-state index < -0.39 is 6.04 Å². The number of carbonyl (C=O) groups excluding carboxylic acids is 2. The van der Waals surface area contributed by atoms with Gasteiger partial charge in [0.15, 0.2) is 5.78 Å². The summed E-state index contributed by atoms with van der Waals surface area (Å²) in [6, 6.07) is 8.87. The van der Waals surface area contributed by atoms with Crippen LogP contribution < -0.4 is 5.32 Å². The maximum absolute atomic E-state index is 12.4. The number of carbonyl (C=O) groups is 2. The zero-order valence-electron chi connectivity index (χ0n) is 12.7. The Morgan fingerprint density at radius 2 is 2.00 bits per heavy atom. The highest BCUT2D eigenvalue weighted by molar-refractivity contribution is 5.91. The van der Waals surface area contributed by atoms with Crippen molar-refractivity contribution in [3.05, 3.63) is 35.9 Å². The van der Waals surface area contributed by atoms with Gasteiger partial charge in [-0.15, -0.1) is 0 Å². The van der Waals surface area contributed by atoms with Crippen LogP contribution in [-0.4, -0.2) is 24.9 Å². The van der Waals surface area contributed by atoms with Crippen LogP contribution in [0.4, 0.5) is 0 Å². The number of hydrogen-bond donors (Lipinski definition) is 1. The van der Waals surface area contributed by atoms with Crippen LogP contribution in [0.15, 0.2) is 30.3 Å². The molecule has 4 nitrogen and oxygen atoms in total. The van der Waals surface area contributed by atoms with Gasteiger partial charge in [0.1, 0.15) is 6.04 Å². The lowest BCUT2D eigenvalue weighted by atomic mass is 9.94. The maximum Gasteiger partial charge on any atom is 0.221 e. The minimum absolute atomic E-state index is 0.0391. The summed E-state index contributed by atoms with van der Waals surface area (Å²) in [7, 11) is 0. The zero-order chi connectivity index (χ0) is 15.2. The second kappa shape index (κ2) is 7.36. The highest BCUT2D eigenvalue weighted by Gasteiger charge is 2.26. The number of ether oxygens (including phenoxy) is 1. The summed E-state index contributed by atoms with van der Waals surface area (Å²) in [5.74, 6) is 0.117. The minimum Gasteiger partial charge on any atom is -0.381 e. The third-order valence-electron chi connectivity index (χ3n) is 3.79. The lowest BCUT2D eigenvalue weighted by Crippen LogP contribution is -2.36. The predicted octanol–water partition coefficient (Wildman–Crippen LogP) is 2.50. The van der Waals surface area contributed by atoms with Gasteiger partial charge in [-0.1, -0.05) is 44.2 Å². The lowest BCUT2D eigenvalue weighted by molar-refractivity contribution is -0.130. The quantitative estimate of drug-likeness (QED) is 0.875. The van der Waals surface area contributed by atoms with Gasteiger partial charge in [-0.3, -0.25) is 9.59 Å². The average Bonchev–Trinajstić information content (AvgIpc) is 2.97. The van der Waals surface area contributed by atoms with Crippen molar-refractivity contribution in [3.63, 3.8) is 0 Å². The van der Waals surface area contributed by atoms with Crippen molar-refractivity contribution < 1.29 is 14.3 Å². The van der Waals surface area contributed by atoms with Gasteiger partial charge < -0.3 is 10.1 Å². The molecule has 1 saturated heterocycles. The molecule has 21 heavy (non-hydrogen) atoms. The first-order valence-electron chi connectivity index (χ1n) is 7.53. The molecule has 0 bridgehead atoms. The number of Topliss-reactive ketones (excluding diaryl/α,β-unsaturated/α-hetero) is 1. The van der Waals surface area contributed by atoms with Crippen molar-refractivity contribution in [1.82, 2.24) is 5.32 Å². The van der Waals surface area contributed by atoms with Gasteiger partial charge in [0.2, 0.25) is 5.91 Å². The molecule has 114 valence electrons. The topological polar surface area (TPSA) is 55.4 Å². The zero-order valence-corrected chi connectivity index (χ0v) is 12.7. The number of benzene rings is 1. The molecule has 0 spiro atoms. The predicted molar refractivity (Wildman–Crippen MR) is 80.7 cm³/mol. The van der Waals surface area contributed by atoms with Crippen molar-refractivity contribution >= 4 is 11.7 Å². The highest BCUT2D eigenvalue weighted by Crippen LogP contribution is 2.20. The smallest absolute Gasteiger partial charge is 0.221 e. The molecule has 1 aromatic rings. The number of ketones is 1. The lowest BCUT2D eigenvalue weighted by Gasteiger charge is -2.20. The Bertz CT molecular complexity index is 478. The molecule has 1 N–H and O–H groups in total. The summed E-state index contributed by atoms with van der Waals surface area (Å²) in [5, 5.41) is 2.90. The Hall–Kier alpha value is -1.68. The first kappa shape index (κ1) is 15.7. The van der Waals surface area contributed by atoms with Crippen LogP contribution in [0, 0.1) is 11.8 Å². The van der Waals surface area contributed by atoms with Crippen LogP contribution >= 0.6 is 0 Å². The van der Waals surface area contributed by atoms with Crippen LogP contribution in [-0.2, 0) is 14.3 Å². The van der Waals surface area contributed by atoms with Gasteiger partial charge in [0.25, 0.3) is 0 Å². The van der Waals surface area contributed by atoms with Gasteiger partial charge in [0.05, 0.1) is 0 Å². The van der Waals surface area contributed by atoms with E-state index in [1.54, 1.807) is 0 Å².